The van der Waals surface area contributed by atoms with Crippen LogP contribution in [0.15, 0.2) is 0 Å². The zero-order chi connectivity index (χ0) is 14.1. The van der Waals surface area contributed by atoms with Crippen LogP contribution in [-0.2, 0) is 22.4 Å². The highest BCUT2D eigenvalue weighted by Gasteiger charge is 2.28. The average molecular weight is 290 g/mol. The van der Waals surface area contributed by atoms with Crippen LogP contribution in [0.25, 0.3) is 0 Å². The van der Waals surface area contributed by atoms with Gasteiger partial charge in [0.05, 0.1) is 5.56 Å². The SMILES string of the molecule is C[C@H]1CCc2c(sc(NC(=O)[C@H]3CCCO3)c2C#N)C1. The molecule has 1 aliphatic carbocycles. The van der Waals surface area contributed by atoms with Crippen molar-refractivity contribution in [3.8, 4) is 6.07 Å². The molecular weight excluding hydrogens is 272 g/mol. The summed E-state index contributed by atoms with van der Waals surface area (Å²) < 4.78 is 5.39. The Morgan fingerprint density at radius 2 is 2.35 bits per heavy atom. The summed E-state index contributed by atoms with van der Waals surface area (Å²) in [6.07, 6.45) is 4.45. The van der Waals surface area contributed by atoms with Crippen molar-refractivity contribution in [2.24, 2.45) is 5.92 Å². The molecule has 2 heterocycles. The predicted molar refractivity (Wildman–Crippen MR) is 77.8 cm³/mol. The minimum atomic E-state index is -0.348. The quantitative estimate of drug-likeness (QED) is 0.911. The third-order valence-corrected chi connectivity index (χ3v) is 5.25. The van der Waals surface area contributed by atoms with Crippen molar-refractivity contribution in [2.75, 3.05) is 11.9 Å². The van der Waals surface area contributed by atoms with Crippen molar-refractivity contribution in [1.29, 1.82) is 5.26 Å². The Hall–Kier alpha value is -1.38. The number of nitrogens with zero attached hydrogens (tertiary/aromatic N) is 1. The number of hydrogen-bond acceptors (Lipinski definition) is 4. The maximum absolute atomic E-state index is 12.1. The molecule has 1 N–H and O–H groups in total. The van der Waals surface area contributed by atoms with E-state index in [-0.39, 0.29) is 12.0 Å². The molecule has 0 saturated carbocycles. The van der Waals surface area contributed by atoms with Gasteiger partial charge < -0.3 is 10.1 Å². The number of fused-ring (bicyclic) bond motifs is 1. The fraction of sp³-hybridized carbons (Fsp3) is 0.600. The Kier molecular flexibility index (Phi) is 3.77. The van der Waals surface area contributed by atoms with Gasteiger partial charge in [-0.25, -0.2) is 0 Å². The molecule has 0 aromatic carbocycles. The lowest BCUT2D eigenvalue weighted by molar-refractivity contribution is -0.124. The maximum atomic E-state index is 12.1. The fourth-order valence-electron chi connectivity index (χ4n) is 2.93. The molecular formula is C15H18N2O2S. The molecule has 106 valence electrons. The highest BCUT2D eigenvalue weighted by Crippen LogP contribution is 2.39. The fourth-order valence-corrected chi connectivity index (χ4v) is 4.30. The first-order valence-electron chi connectivity index (χ1n) is 7.16. The monoisotopic (exact) mass is 290 g/mol. The number of thiophene rings is 1. The summed E-state index contributed by atoms with van der Waals surface area (Å²) in [6.45, 7) is 2.89. The number of rotatable bonds is 2. The van der Waals surface area contributed by atoms with E-state index in [0.29, 0.717) is 23.1 Å². The molecule has 2 aliphatic rings. The van der Waals surface area contributed by atoms with Crippen LogP contribution in [0.5, 0.6) is 0 Å². The second-order valence-electron chi connectivity index (χ2n) is 5.66. The molecule has 1 aliphatic heterocycles. The Morgan fingerprint density at radius 1 is 1.50 bits per heavy atom. The van der Waals surface area contributed by atoms with Gasteiger partial charge in [0.25, 0.3) is 5.91 Å². The minimum absolute atomic E-state index is 0.106. The Morgan fingerprint density at radius 3 is 3.05 bits per heavy atom. The van der Waals surface area contributed by atoms with Crippen LogP contribution >= 0.6 is 11.3 Å². The molecule has 3 rings (SSSR count). The van der Waals surface area contributed by atoms with E-state index in [1.807, 2.05) is 0 Å². The summed E-state index contributed by atoms with van der Waals surface area (Å²) >= 11 is 1.57. The predicted octanol–water partition coefficient (Wildman–Crippen LogP) is 2.86. The van der Waals surface area contributed by atoms with Gasteiger partial charge in [-0.2, -0.15) is 5.26 Å². The Balaban J connectivity index is 1.83. The van der Waals surface area contributed by atoms with Crippen molar-refractivity contribution in [2.45, 2.75) is 45.1 Å². The number of nitrogens with one attached hydrogen (secondary N) is 1. The summed E-state index contributed by atoms with van der Waals surface area (Å²) in [5.41, 5.74) is 1.82. The molecule has 0 bridgehead atoms. The second-order valence-corrected chi connectivity index (χ2v) is 6.76. The Labute approximate surface area is 122 Å². The van der Waals surface area contributed by atoms with E-state index in [4.69, 9.17) is 4.74 Å². The molecule has 0 spiro atoms. The number of carbonyl (C=O) groups is 1. The highest BCUT2D eigenvalue weighted by molar-refractivity contribution is 7.16. The molecule has 1 aromatic heterocycles. The molecule has 1 saturated heterocycles. The number of ether oxygens (including phenoxy) is 1. The van der Waals surface area contributed by atoms with Crippen molar-refractivity contribution < 1.29 is 9.53 Å². The molecule has 0 radical (unpaired) electrons. The van der Waals surface area contributed by atoms with Crippen molar-refractivity contribution in [3.63, 3.8) is 0 Å². The number of nitriles is 1. The van der Waals surface area contributed by atoms with Gasteiger partial charge in [0.2, 0.25) is 0 Å². The summed E-state index contributed by atoms with van der Waals surface area (Å²) in [7, 11) is 0. The van der Waals surface area contributed by atoms with Gasteiger partial charge in [-0.3, -0.25) is 4.79 Å². The maximum Gasteiger partial charge on any atom is 0.254 e. The zero-order valence-electron chi connectivity index (χ0n) is 11.6. The van der Waals surface area contributed by atoms with Gasteiger partial charge in [0.1, 0.15) is 17.2 Å². The largest absolute Gasteiger partial charge is 0.368 e. The standard InChI is InChI=1S/C15H18N2O2S/c1-9-4-5-10-11(8-16)15(20-13(10)7-9)17-14(18)12-3-2-6-19-12/h9,12H,2-7H2,1H3,(H,17,18)/t9-,12+/m0/s1. The smallest absolute Gasteiger partial charge is 0.254 e. The van der Waals surface area contributed by atoms with Crippen molar-refractivity contribution >= 4 is 22.2 Å². The number of anilines is 1. The van der Waals surface area contributed by atoms with Crippen LogP contribution in [0.2, 0.25) is 0 Å². The van der Waals surface area contributed by atoms with E-state index in [1.165, 1.54) is 4.88 Å². The van der Waals surface area contributed by atoms with Gasteiger partial charge in [0.15, 0.2) is 0 Å². The first-order chi connectivity index (χ1) is 9.69. The molecule has 0 unspecified atom stereocenters. The molecule has 20 heavy (non-hydrogen) atoms. The number of amides is 1. The lowest BCUT2D eigenvalue weighted by Crippen LogP contribution is -2.26. The van der Waals surface area contributed by atoms with Crippen LogP contribution in [-0.4, -0.2) is 18.6 Å². The van der Waals surface area contributed by atoms with E-state index in [1.54, 1.807) is 11.3 Å². The van der Waals surface area contributed by atoms with Crippen LogP contribution in [0, 0.1) is 17.2 Å². The van der Waals surface area contributed by atoms with E-state index >= 15 is 0 Å². The van der Waals surface area contributed by atoms with Crippen LogP contribution in [0.1, 0.15) is 42.2 Å². The van der Waals surface area contributed by atoms with Crippen molar-refractivity contribution in [3.05, 3.63) is 16.0 Å². The van der Waals surface area contributed by atoms with E-state index < -0.39 is 0 Å². The number of hydrogen-bond donors (Lipinski definition) is 1. The molecule has 1 aromatic rings. The molecule has 1 fully saturated rings. The molecule has 1 amide bonds. The molecule has 5 heteroatoms. The van der Waals surface area contributed by atoms with Gasteiger partial charge >= 0.3 is 0 Å². The zero-order valence-corrected chi connectivity index (χ0v) is 12.4. The summed E-state index contributed by atoms with van der Waals surface area (Å²) in [6, 6.07) is 2.27. The van der Waals surface area contributed by atoms with Gasteiger partial charge in [0, 0.05) is 11.5 Å². The molecule has 4 nitrogen and oxygen atoms in total. The normalized spacial score (nSPS) is 25.0. The lowest BCUT2D eigenvalue weighted by Gasteiger charge is -2.17. The van der Waals surface area contributed by atoms with Gasteiger partial charge in [-0.15, -0.1) is 11.3 Å². The van der Waals surface area contributed by atoms with Crippen LogP contribution < -0.4 is 5.32 Å². The lowest BCUT2D eigenvalue weighted by atomic mass is 9.88. The first kappa shape index (κ1) is 13.6. The summed E-state index contributed by atoms with van der Waals surface area (Å²) in [5, 5.41) is 13.0. The van der Waals surface area contributed by atoms with Crippen LogP contribution in [0.4, 0.5) is 5.00 Å². The van der Waals surface area contributed by atoms with E-state index in [2.05, 4.69) is 18.3 Å². The Bertz CT molecular complexity index is 567. The average Bonchev–Trinajstić information content (AvgIpc) is 3.04. The topological polar surface area (TPSA) is 62.1 Å². The second kappa shape index (κ2) is 5.55. The van der Waals surface area contributed by atoms with E-state index in [9.17, 15) is 10.1 Å². The van der Waals surface area contributed by atoms with Gasteiger partial charge in [-0.1, -0.05) is 6.92 Å². The minimum Gasteiger partial charge on any atom is -0.368 e. The first-order valence-corrected chi connectivity index (χ1v) is 7.97. The third-order valence-electron chi connectivity index (χ3n) is 4.08. The summed E-state index contributed by atoms with van der Waals surface area (Å²) in [5.74, 6) is 0.556. The number of carbonyl (C=O) groups excluding carboxylic acids is 1. The van der Waals surface area contributed by atoms with E-state index in [0.717, 1.165) is 37.7 Å². The highest BCUT2D eigenvalue weighted by atomic mass is 32.1. The third kappa shape index (κ3) is 2.46. The van der Waals surface area contributed by atoms with Crippen molar-refractivity contribution in [1.82, 2.24) is 0 Å². The summed E-state index contributed by atoms with van der Waals surface area (Å²) in [4.78, 5) is 13.4. The van der Waals surface area contributed by atoms with Crippen LogP contribution in [0.3, 0.4) is 0 Å². The molecule has 2 atom stereocenters. The van der Waals surface area contributed by atoms with Gasteiger partial charge in [-0.05, 0) is 43.6 Å².